The minimum atomic E-state index is 0.132. The highest BCUT2D eigenvalue weighted by Crippen LogP contribution is 2.24. The van der Waals surface area contributed by atoms with Crippen molar-refractivity contribution in [3.8, 4) is 0 Å². The van der Waals surface area contributed by atoms with Crippen molar-refractivity contribution in [3.63, 3.8) is 0 Å². The molecule has 0 aliphatic heterocycles. The third kappa shape index (κ3) is 3.91. The zero-order chi connectivity index (χ0) is 17.8. The number of hydrogen-bond donors (Lipinski definition) is 1. The molecule has 0 radical (unpaired) electrons. The van der Waals surface area contributed by atoms with Crippen molar-refractivity contribution < 1.29 is 4.79 Å². The van der Waals surface area contributed by atoms with Gasteiger partial charge in [0.25, 0.3) is 0 Å². The molecule has 3 rings (SSSR count). The van der Waals surface area contributed by atoms with Gasteiger partial charge in [0, 0.05) is 35.8 Å². The van der Waals surface area contributed by atoms with Crippen molar-refractivity contribution in [1.29, 1.82) is 0 Å². The van der Waals surface area contributed by atoms with Gasteiger partial charge in [0.15, 0.2) is 0 Å². The number of benzene rings is 2. The van der Waals surface area contributed by atoms with Crippen LogP contribution >= 0.6 is 0 Å². The number of rotatable bonds is 6. The SMILES string of the molecule is CCC(=O)N(Cc1c[nH]c2ccccc12)c1cccc(CN(C)C)c1. The third-order valence-corrected chi connectivity index (χ3v) is 4.33. The summed E-state index contributed by atoms with van der Waals surface area (Å²) in [6.07, 6.45) is 2.49. The molecule has 0 atom stereocenters. The van der Waals surface area contributed by atoms with E-state index >= 15 is 0 Å². The van der Waals surface area contributed by atoms with E-state index in [1.807, 2.05) is 56.4 Å². The molecule has 0 fully saturated rings. The van der Waals surface area contributed by atoms with Crippen LogP contribution in [-0.2, 0) is 17.9 Å². The molecule has 1 amide bonds. The second-order valence-electron chi connectivity index (χ2n) is 6.60. The third-order valence-electron chi connectivity index (χ3n) is 4.33. The maximum absolute atomic E-state index is 12.6. The lowest BCUT2D eigenvalue weighted by molar-refractivity contribution is -0.118. The monoisotopic (exact) mass is 335 g/mol. The van der Waals surface area contributed by atoms with Crippen molar-refractivity contribution in [1.82, 2.24) is 9.88 Å². The van der Waals surface area contributed by atoms with E-state index in [9.17, 15) is 4.79 Å². The number of H-pyrrole nitrogens is 1. The highest BCUT2D eigenvalue weighted by atomic mass is 16.2. The van der Waals surface area contributed by atoms with Crippen molar-refractivity contribution in [2.75, 3.05) is 19.0 Å². The van der Waals surface area contributed by atoms with Crippen LogP contribution in [0.15, 0.2) is 54.7 Å². The number of aromatic amines is 1. The molecule has 130 valence electrons. The maximum Gasteiger partial charge on any atom is 0.227 e. The van der Waals surface area contributed by atoms with Crippen molar-refractivity contribution in [2.45, 2.75) is 26.4 Å². The minimum absolute atomic E-state index is 0.132. The van der Waals surface area contributed by atoms with E-state index in [4.69, 9.17) is 0 Å². The van der Waals surface area contributed by atoms with Gasteiger partial charge in [0.2, 0.25) is 5.91 Å². The Morgan fingerprint density at radius 3 is 2.60 bits per heavy atom. The van der Waals surface area contributed by atoms with E-state index in [1.54, 1.807) is 0 Å². The van der Waals surface area contributed by atoms with Gasteiger partial charge in [0.05, 0.1) is 6.54 Å². The lowest BCUT2D eigenvalue weighted by Gasteiger charge is -2.23. The quantitative estimate of drug-likeness (QED) is 0.734. The van der Waals surface area contributed by atoms with E-state index in [1.165, 1.54) is 10.9 Å². The van der Waals surface area contributed by atoms with E-state index in [0.29, 0.717) is 13.0 Å². The highest BCUT2D eigenvalue weighted by Gasteiger charge is 2.17. The van der Waals surface area contributed by atoms with Gasteiger partial charge in [-0.15, -0.1) is 0 Å². The first kappa shape index (κ1) is 17.2. The Morgan fingerprint density at radius 2 is 1.84 bits per heavy atom. The molecule has 0 aliphatic carbocycles. The molecule has 0 spiro atoms. The summed E-state index contributed by atoms with van der Waals surface area (Å²) in [5, 5.41) is 1.17. The molecule has 3 aromatic rings. The Hall–Kier alpha value is -2.59. The Morgan fingerprint density at radius 1 is 1.04 bits per heavy atom. The van der Waals surface area contributed by atoms with Crippen LogP contribution in [0, 0.1) is 0 Å². The number of carbonyl (C=O) groups excluding carboxylic acids is 1. The largest absolute Gasteiger partial charge is 0.361 e. The molecule has 4 heteroatoms. The lowest BCUT2D eigenvalue weighted by Crippen LogP contribution is -2.29. The van der Waals surface area contributed by atoms with Crippen LogP contribution in [0.2, 0.25) is 0 Å². The Balaban J connectivity index is 1.94. The molecule has 1 aromatic heterocycles. The topological polar surface area (TPSA) is 39.3 Å². The second-order valence-corrected chi connectivity index (χ2v) is 6.60. The van der Waals surface area contributed by atoms with Gasteiger partial charge in [-0.05, 0) is 43.4 Å². The number of nitrogens with zero attached hydrogens (tertiary/aromatic N) is 2. The van der Waals surface area contributed by atoms with Gasteiger partial charge >= 0.3 is 0 Å². The summed E-state index contributed by atoms with van der Waals surface area (Å²) in [7, 11) is 4.10. The molecular weight excluding hydrogens is 310 g/mol. The average molecular weight is 335 g/mol. The fourth-order valence-corrected chi connectivity index (χ4v) is 3.13. The molecular formula is C21H25N3O. The fourth-order valence-electron chi connectivity index (χ4n) is 3.13. The molecule has 1 heterocycles. The van der Waals surface area contributed by atoms with Crippen molar-refractivity contribution in [2.24, 2.45) is 0 Å². The van der Waals surface area contributed by atoms with Crippen molar-refractivity contribution in [3.05, 3.63) is 65.9 Å². The maximum atomic E-state index is 12.6. The van der Waals surface area contributed by atoms with E-state index in [-0.39, 0.29) is 5.91 Å². The van der Waals surface area contributed by atoms with Gasteiger partial charge in [-0.1, -0.05) is 37.3 Å². The zero-order valence-corrected chi connectivity index (χ0v) is 15.1. The standard InChI is InChI=1S/C21H25N3O/c1-4-21(25)24(18-9-7-8-16(12-18)14-23(2)3)15-17-13-22-20-11-6-5-10-19(17)20/h5-13,22H,4,14-15H2,1-3H3. The van der Waals surface area contributed by atoms with Gasteiger partial charge in [0.1, 0.15) is 0 Å². The number of amides is 1. The molecule has 0 saturated heterocycles. The first-order valence-corrected chi connectivity index (χ1v) is 8.67. The summed E-state index contributed by atoms with van der Waals surface area (Å²) in [6.45, 7) is 3.34. The smallest absolute Gasteiger partial charge is 0.227 e. The summed E-state index contributed by atoms with van der Waals surface area (Å²) in [4.78, 5) is 19.9. The molecule has 25 heavy (non-hydrogen) atoms. The summed E-state index contributed by atoms with van der Waals surface area (Å²) in [6, 6.07) is 16.5. The molecule has 2 aromatic carbocycles. The van der Waals surface area contributed by atoms with Crippen LogP contribution in [0.3, 0.4) is 0 Å². The Kier molecular flexibility index (Phi) is 5.19. The molecule has 0 saturated carbocycles. The number of para-hydroxylation sites is 1. The Bertz CT molecular complexity index is 866. The number of aromatic nitrogens is 1. The van der Waals surface area contributed by atoms with E-state index in [0.717, 1.165) is 23.3 Å². The van der Waals surface area contributed by atoms with E-state index in [2.05, 4.69) is 34.1 Å². The second kappa shape index (κ2) is 7.53. The summed E-state index contributed by atoms with van der Waals surface area (Å²) in [5.41, 5.74) is 4.39. The van der Waals surface area contributed by atoms with Gasteiger partial charge < -0.3 is 14.8 Å². The number of fused-ring (bicyclic) bond motifs is 1. The predicted molar refractivity (Wildman–Crippen MR) is 104 cm³/mol. The van der Waals surface area contributed by atoms with Crippen molar-refractivity contribution >= 4 is 22.5 Å². The van der Waals surface area contributed by atoms with Crippen LogP contribution in [0.25, 0.3) is 10.9 Å². The number of carbonyl (C=O) groups is 1. The Labute approximate surface area is 149 Å². The molecule has 1 N–H and O–H groups in total. The summed E-state index contributed by atoms with van der Waals surface area (Å²) < 4.78 is 0. The fraction of sp³-hybridized carbons (Fsp3) is 0.286. The normalized spacial score (nSPS) is 11.2. The minimum Gasteiger partial charge on any atom is -0.361 e. The van der Waals surface area contributed by atoms with Crippen LogP contribution in [0.4, 0.5) is 5.69 Å². The molecule has 0 bridgehead atoms. The van der Waals surface area contributed by atoms with Crippen LogP contribution in [-0.4, -0.2) is 29.9 Å². The molecule has 4 nitrogen and oxygen atoms in total. The first-order chi connectivity index (χ1) is 12.1. The first-order valence-electron chi connectivity index (χ1n) is 8.67. The molecule has 0 unspecified atom stereocenters. The average Bonchev–Trinajstić information content (AvgIpc) is 3.02. The molecule has 0 aliphatic rings. The van der Waals surface area contributed by atoms with Gasteiger partial charge in [-0.3, -0.25) is 4.79 Å². The van der Waals surface area contributed by atoms with Crippen LogP contribution in [0.1, 0.15) is 24.5 Å². The zero-order valence-electron chi connectivity index (χ0n) is 15.1. The van der Waals surface area contributed by atoms with Crippen LogP contribution in [0.5, 0.6) is 0 Å². The summed E-state index contributed by atoms with van der Waals surface area (Å²) >= 11 is 0. The predicted octanol–water partition coefficient (Wildman–Crippen LogP) is 4.17. The van der Waals surface area contributed by atoms with Crippen LogP contribution < -0.4 is 4.90 Å². The van der Waals surface area contributed by atoms with Gasteiger partial charge in [-0.25, -0.2) is 0 Å². The number of hydrogen-bond acceptors (Lipinski definition) is 2. The number of nitrogens with one attached hydrogen (secondary N) is 1. The van der Waals surface area contributed by atoms with Gasteiger partial charge in [-0.2, -0.15) is 0 Å². The lowest BCUT2D eigenvalue weighted by atomic mass is 10.1. The summed E-state index contributed by atoms with van der Waals surface area (Å²) in [5.74, 6) is 0.132. The number of anilines is 1. The van der Waals surface area contributed by atoms with E-state index < -0.39 is 0 Å². The highest BCUT2D eigenvalue weighted by molar-refractivity contribution is 5.94.